The van der Waals surface area contributed by atoms with E-state index >= 15 is 0 Å². The molecule has 0 fully saturated rings. The van der Waals surface area contributed by atoms with Crippen LogP contribution in [0.5, 0.6) is 0 Å². The van der Waals surface area contributed by atoms with Gasteiger partial charge in [0.05, 0.1) is 10.6 Å². The molecule has 0 atom stereocenters. The van der Waals surface area contributed by atoms with E-state index in [1.165, 1.54) is 0 Å². The van der Waals surface area contributed by atoms with Crippen LogP contribution in [0.25, 0.3) is 0 Å². The number of thioether (sulfide) groups is 1. The molecular formula is C15H16O2S2. The van der Waals surface area contributed by atoms with Crippen LogP contribution in [-0.4, -0.2) is 19.9 Å². The van der Waals surface area contributed by atoms with Gasteiger partial charge in [0, 0.05) is 10.6 Å². The van der Waals surface area contributed by atoms with Crippen molar-refractivity contribution in [1.82, 2.24) is 0 Å². The Morgan fingerprint density at radius 2 is 1.58 bits per heavy atom. The van der Waals surface area contributed by atoms with Crippen molar-refractivity contribution in [3.8, 4) is 0 Å². The average Bonchev–Trinajstić information content (AvgIpc) is 2.40. The summed E-state index contributed by atoms with van der Waals surface area (Å²) in [6, 6.07) is 16.9. The van der Waals surface area contributed by atoms with E-state index in [-0.39, 0.29) is 5.75 Å². The summed E-state index contributed by atoms with van der Waals surface area (Å²) in [6.45, 7) is 1.95. The van der Waals surface area contributed by atoms with Crippen molar-refractivity contribution in [2.45, 2.75) is 16.7 Å². The van der Waals surface area contributed by atoms with E-state index in [0.717, 1.165) is 10.5 Å². The van der Waals surface area contributed by atoms with Gasteiger partial charge in [0.25, 0.3) is 0 Å². The molecule has 2 aromatic carbocycles. The molecule has 0 aliphatic heterocycles. The lowest BCUT2D eigenvalue weighted by molar-refractivity contribution is 0.597. The van der Waals surface area contributed by atoms with E-state index < -0.39 is 9.84 Å². The van der Waals surface area contributed by atoms with Crippen LogP contribution in [0.2, 0.25) is 0 Å². The summed E-state index contributed by atoms with van der Waals surface area (Å²) < 4.78 is 24.2. The molecule has 0 bridgehead atoms. The van der Waals surface area contributed by atoms with Gasteiger partial charge in [0.2, 0.25) is 0 Å². The van der Waals surface area contributed by atoms with Gasteiger partial charge in [-0.2, -0.15) is 0 Å². The van der Waals surface area contributed by atoms with E-state index in [1.54, 1.807) is 23.9 Å². The van der Waals surface area contributed by atoms with Crippen LogP contribution in [-0.2, 0) is 9.84 Å². The highest BCUT2D eigenvalue weighted by molar-refractivity contribution is 8.00. The zero-order valence-corrected chi connectivity index (χ0v) is 12.4. The minimum Gasteiger partial charge on any atom is -0.224 e. The van der Waals surface area contributed by atoms with Gasteiger partial charge in [0.1, 0.15) is 0 Å². The number of aryl methyl sites for hydroxylation is 1. The van der Waals surface area contributed by atoms with E-state index in [4.69, 9.17) is 0 Å². The van der Waals surface area contributed by atoms with Gasteiger partial charge < -0.3 is 0 Å². The van der Waals surface area contributed by atoms with Crippen LogP contribution >= 0.6 is 11.8 Å². The van der Waals surface area contributed by atoms with Gasteiger partial charge in [0.15, 0.2) is 9.84 Å². The summed E-state index contributed by atoms with van der Waals surface area (Å²) >= 11 is 1.57. The van der Waals surface area contributed by atoms with Crippen molar-refractivity contribution in [2.75, 3.05) is 11.5 Å². The first-order valence-electron chi connectivity index (χ1n) is 6.05. The molecule has 0 aromatic heterocycles. The molecule has 0 saturated carbocycles. The molecule has 0 amide bonds. The topological polar surface area (TPSA) is 34.1 Å². The summed E-state index contributed by atoms with van der Waals surface area (Å²) in [4.78, 5) is 1.51. The van der Waals surface area contributed by atoms with Crippen molar-refractivity contribution in [1.29, 1.82) is 0 Å². The third-order valence-electron chi connectivity index (χ3n) is 2.74. The number of hydrogen-bond acceptors (Lipinski definition) is 3. The minimum absolute atomic E-state index is 0.162. The standard InChI is InChI=1S/C15H16O2S2/c1-13-7-9-15(10-8-13)19(16,17)12-11-18-14-5-3-2-4-6-14/h2-10H,11-12H2,1H3. The Bertz CT molecular complexity index is 617. The Balaban J connectivity index is 1.97. The monoisotopic (exact) mass is 292 g/mol. The molecule has 0 saturated heterocycles. The maximum atomic E-state index is 12.1. The number of hydrogen-bond donors (Lipinski definition) is 0. The third kappa shape index (κ3) is 4.11. The van der Waals surface area contributed by atoms with Crippen LogP contribution < -0.4 is 0 Å². The van der Waals surface area contributed by atoms with Crippen LogP contribution in [0.1, 0.15) is 5.56 Å². The first-order chi connectivity index (χ1) is 9.08. The maximum Gasteiger partial charge on any atom is 0.179 e. The lowest BCUT2D eigenvalue weighted by Gasteiger charge is -2.05. The maximum absolute atomic E-state index is 12.1. The Hall–Kier alpha value is -1.26. The molecule has 19 heavy (non-hydrogen) atoms. The highest BCUT2D eigenvalue weighted by atomic mass is 32.2. The van der Waals surface area contributed by atoms with Gasteiger partial charge in [-0.25, -0.2) is 8.42 Å². The van der Waals surface area contributed by atoms with Crippen LogP contribution in [0.15, 0.2) is 64.4 Å². The number of rotatable bonds is 5. The van der Waals surface area contributed by atoms with E-state index in [1.807, 2.05) is 49.4 Å². The fourth-order valence-electron chi connectivity index (χ4n) is 1.65. The van der Waals surface area contributed by atoms with Crippen molar-refractivity contribution >= 4 is 21.6 Å². The predicted octanol–water partition coefficient (Wildman–Crippen LogP) is 3.56. The SMILES string of the molecule is Cc1ccc(S(=O)(=O)CCSc2ccccc2)cc1. The molecule has 2 aromatic rings. The van der Waals surface area contributed by atoms with Crippen molar-refractivity contribution in [2.24, 2.45) is 0 Å². The van der Waals surface area contributed by atoms with E-state index in [9.17, 15) is 8.42 Å². The first-order valence-corrected chi connectivity index (χ1v) is 8.69. The zero-order valence-electron chi connectivity index (χ0n) is 10.7. The molecule has 2 nitrogen and oxygen atoms in total. The Morgan fingerprint density at radius 3 is 2.21 bits per heavy atom. The Kier molecular flexibility index (Phi) is 4.66. The first kappa shape index (κ1) is 14.2. The van der Waals surface area contributed by atoms with Gasteiger partial charge in [-0.1, -0.05) is 35.9 Å². The second kappa shape index (κ2) is 6.26. The molecule has 0 spiro atoms. The molecule has 0 N–H and O–H groups in total. The zero-order chi connectivity index (χ0) is 13.7. The summed E-state index contributed by atoms with van der Waals surface area (Å²) in [6.07, 6.45) is 0. The smallest absolute Gasteiger partial charge is 0.179 e. The lowest BCUT2D eigenvalue weighted by atomic mass is 10.2. The molecule has 0 radical (unpaired) electrons. The van der Waals surface area contributed by atoms with Gasteiger partial charge in [-0.3, -0.25) is 0 Å². The molecule has 0 unspecified atom stereocenters. The van der Waals surface area contributed by atoms with Gasteiger partial charge in [-0.05, 0) is 31.2 Å². The molecule has 0 heterocycles. The molecule has 100 valence electrons. The molecule has 0 aliphatic rings. The Labute approximate surface area is 118 Å². The lowest BCUT2D eigenvalue weighted by Crippen LogP contribution is -2.08. The summed E-state index contributed by atoms with van der Waals surface area (Å²) in [7, 11) is -3.17. The van der Waals surface area contributed by atoms with Gasteiger partial charge in [-0.15, -0.1) is 11.8 Å². The normalized spacial score (nSPS) is 11.4. The van der Waals surface area contributed by atoms with Gasteiger partial charge >= 0.3 is 0 Å². The van der Waals surface area contributed by atoms with Crippen LogP contribution in [0.4, 0.5) is 0 Å². The molecule has 2 rings (SSSR count). The third-order valence-corrected chi connectivity index (χ3v) is 5.75. The highest BCUT2D eigenvalue weighted by Crippen LogP contribution is 2.19. The number of sulfone groups is 1. The fraction of sp³-hybridized carbons (Fsp3) is 0.200. The summed E-state index contributed by atoms with van der Waals surface area (Å²) in [5.74, 6) is 0.732. The quantitative estimate of drug-likeness (QED) is 0.790. The molecule has 0 aliphatic carbocycles. The van der Waals surface area contributed by atoms with Crippen molar-refractivity contribution in [3.05, 3.63) is 60.2 Å². The largest absolute Gasteiger partial charge is 0.224 e. The summed E-state index contributed by atoms with van der Waals surface area (Å²) in [5, 5.41) is 0. The molecular weight excluding hydrogens is 276 g/mol. The molecule has 4 heteroatoms. The van der Waals surface area contributed by atoms with Crippen molar-refractivity contribution < 1.29 is 8.42 Å². The summed E-state index contributed by atoms with van der Waals surface area (Å²) in [5.41, 5.74) is 1.07. The second-order valence-corrected chi connectivity index (χ2v) is 7.57. The van der Waals surface area contributed by atoms with Crippen LogP contribution in [0, 0.1) is 6.92 Å². The second-order valence-electron chi connectivity index (χ2n) is 4.29. The average molecular weight is 292 g/mol. The van der Waals surface area contributed by atoms with Crippen LogP contribution in [0.3, 0.4) is 0 Å². The highest BCUT2D eigenvalue weighted by Gasteiger charge is 2.13. The van der Waals surface area contributed by atoms with E-state index in [0.29, 0.717) is 10.6 Å². The predicted molar refractivity (Wildman–Crippen MR) is 80.4 cm³/mol. The fourth-order valence-corrected chi connectivity index (χ4v) is 4.23. The van der Waals surface area contributed by atoms with E-state index in [2.05, 4.69) is 0 Å². The van der Waals surface area contributed by atoms with Crippen molar-refractivity contribution in [3.63, 3.8) is 0 Å². The number of benzene rings is 2. The minimum atomic E-state index is -3.17. The Morgan fingerprint density at radius 1 is 0.947 bits per heavy atom.